The van der Waals surface area contributed by atoms with E-state index < -0.39 is 0 Å². The summed E-state index contributed by atoms with van der Waals surface area (Å²) in [5, 5.41) is 7.18. The number of amides is 1. The molecule has 1 saturated carbocycles. The number of hydrogen-bond acceptors (Lipinski definition) is 3. The second-order valence-corrected chi connectivity index (χ2v) is 6.14. The molecule has 1 rings (SSSR count). The highest BCUT2D eigenvalue weighted by Crippen LogP contribution is 2.27. The minimum absolute atomic E-state index is 0.138. The molecule has 1 fully saturated rings. The van der Waals surface area contributed by atoms with Gasteiger partial charge >= 0.3 is 0 Å². The van der Waals surface area contributed by atoms with Crippen molar-refractivity contribution in [2.75, 3.05) is 12.8 Å². The first-order valence-corrected chi connectivity index (χ1v) is 8.00. The molecule has 3 nitrogen and oxygen atoms in total. The van der Waals surface area contributed by atoms with Gasteiger partial charge in [-0.1, -0.05) is 13.3 Å². The lowest BCUT2D eigenvalue weighted by molar-refractivity contribution is -0.121. The van der Waals surface area contributed by atoms with Crippen LogP contribution in [0.2, 0.25) is 0 Å². The van der Waals surface area contributed by atoms with E-state index in [9.17, 15) is 4.79 Å². The Balaban J connectivity index is 2.12. The van der Waals surface area contributed by atoms with Gasteiger partial charge < -0.3 is 10.6 Å². The molecule has 1 aliphatic carbocycles. The Morgan fingerprint density at radius 3 is 2.82 bits per heavy atom. The van der Waals surface area contributed by atoms with E-state index in [4.69, 9.17) is 0 Å². The summed E-state index contributed by atoms with van der Waals surface area (Å²) < 4.78 is 0. The molecule has 1 aliphatic rings. The van der Waals surface area contributed by atoms with Crippen molar-refractivity contribution in [2.24, 2.45) is 0 Å². The lowest BCUT2D eigenvalue weighted by atomic mass is 10.2. The third-order valence-electron chi connectivity index (χ3n) is 3.40. The van der Waals surface area contributed by atoms with E-state index in [0.717, 1.165) is 18.1 Å². The summed E-state index contributed by atoms with van der Waals surface area (Å²) in [5.41, 5.74) is 0. The van der Waals surface area contributed by atoms with Crippen LogP contribution in [0.1, 0.15) is 46.0 Å². The van der Waals surface area contributed by atoms with Crippen LogP contribution in [-0.2, 0) is 4.79 Å². The van der Waals surface area contributed by atoms with E-state index in [1.54, 1.807) is 0 Å². The van der Waals surface area contributed by atoms with Gasteiger partial charge in [0.1, 0.15) is 0 Å². The Bertz CT molecular complexity index is 235. The van der Waals surface area contributed by atoms with Gasteiger partial charge in [0.2, 0.25) is 5.91 Å². The first-order chi connectivity index (χ1) is 8.15. The minimum atomic E-state index is 0.138. The monoisotopic (exact) mass is 258 g/mol. The molecular formula is C13H26N2OS. The fourth-order valence-electron chi connectivity index (χ4n) is 2.41. The van der Waals surface area contributed by atoms with Gasteiger partial charge in [0.15, 0.2) is 0 Å². The molecule has 3 unspecified atom stereocenters. The second-order valence-electron chi connectivity index (χ2n) is 5.01. The van der Waals surface area contributed by atoms with Gasteiger partial charge in [-0.3, -0.25) is 4.79 Å². The summed E-state index contributed by atoms with van der Waals surface area (Å²) in [7, 11) is 0. The van der Waals surface area contributed by atoms with Gasteiger partial charge in [-0.2, -0.15) is 11.8 Å². The molecule has 0 radical (unpaired) electrons. The topological polar surface area (TPSA) is 41.1 Å². The van der Waals surface area contributed by atoms with Gasteiger partial charge in [0, 0.05) is 17.3 Å². The number of rotatable bonds is 7. The highest BCUT2D eigenvalue weighted by Gasteiger charge is 2.23. The van der Waals surface area contributed by atoms with Crippen LogP contribution in [0.25, 0.3) is 0 Å². The molecule has 0 bridgehead atoms. The highest BCUT2D eigenvalue weighted by molar-refractivity contribution is 7.99. The van der Waals surface area contributed by atoms with Crippen molar-refractivity contribution in [2.45, 2.75) is 63.3 Å². The standard InChI is InChI=1S/C13H26N2OS/c1-4-5-10(2)15-13(16)9-14-11-6-7-12(8-11)17-3/h10-12,14H,4-9H2,1-3H3,(H,15,16). The maximum atomic E-state index is 11.7. The Hall–Kier alpha value is -0.220. The van der Waals surface area contributed by atoms with Gasteiger partial charge in [-0.05, 0) is 38.9 Å². The summed E-state index contributed by atoms with van der Waals surface area (Å²) in [4.78, 5) is 11.7. The molecule has 2 N–H and O–H groups in total. The first-order valence-electron chi connectivity index (χ1n) is 6.71. The van der Waals surface area contributed by atoms with E-state index in [0.29, 0.717) is 18.6 Å². The van der Waals surface area contributed by atoms with Crippen LogP contribution in [0.15, 0.2) is 0 Å². The highest BCUT2D eigenvalue weighted by atomic mass is 32.2. The molecule has 100 valence electrons. The summed E-state index contributed by atoms with van der Waals surface area (Å²) in [6, 6.07) is 0.844. The predicted octanol–water partition coefficient (Wildman–Crippen LogP) is 2.16. The Kier molecular flexibility index (Phi) is 6.97. The largest absolute Gasteiger partial charge is 0.353 e. The van der Waals surface area contributed by atoms with Crippen molar-refractivity contribution in [1.82, 2.24) is 10.6 Å². The lowest BCUT2D eigenvalue weighted by Gasteiger charge is -2.15. The summed E-state index contributed by atoms with van der Waals surface area (Å²) >= 11 is 1.95. The van der Waals surface area contributed by atoms with Crippen molar-refractivity contribution in [3.05, 3.63) is 0 Å². The van der Waals surface area contributed by atoms with Crippen LogP contribution in [-0.4, -0.2) is 36.0 Å². The quantitative estimate of drug-likeness (QED) is 0.735. The lowest BCUT2D eigenvalue weighted by Crippen LogP contribution is -2.41. The molecular weight excluding hydrogens is 232 g/mol. The maximum Gasteiger partial charge on any atom is 0.234 e. The molecule has 0 aromatic carbocycles. The number of thioether (sulfide) groups is 1. The Labute approximate surface area is 109 Å². The third kappa shape index (κ3) is 5.77. The fourth-order valence-corrected chi connectivity index (χ4v) is 3.20. The maximum absolute atomic E-state index is 11.7. The van der Waals surface area contributed by atoms with E-state index >= 15 is 0 Å². The van der Waals surface area contributed by atoms with E-state index in [2.05, 4.69) is 30.7 Å². The normalized spacial score (nSPS) is 25.8. The second kappa shape index (κ2) is 7.98. The first kappa shape index (κ1) is 14.8. The van der Waals surface area contributed by atoms with Crippen LogP contribution >= 0.6 is 11.8 Å². The smallest absolute Gasteiger partial charge is 0.234 e. The molecule has 0 aliphatic heterocycles. The third-order valence-corrected chi connectivity index (χ3v) is 4.49. The average molecular weight is 258 g/mol. The molecule has 17 heavy (non-hydrogen) atoms. The molecule has 4 heteroatoms. The summed E-state index contributed by atoms with van der Waals surface area (Å²) in [5.74, 6) is 0.138. The van der Waals surface area contributed by atoms with E-state index in [1.807, 2.05) is 11.8 Å². The van der Waals surface area contributed by atoms with Crippen molar-refractivity contribution in [1.29, 1.82) is 0 Å². The number of nitrogens with one attached hydrogen (secondary N) is 2. The van der Waals surface area contributed by atoms with Crippen LogP contribution in [0.3, 0.4) is 0 Å². The molecule has 0 spiro atoms. The van der Waals surface area contributed by atoms with Gasteiger partial charge in [-0.25, -0.2) is 0 Å². The molecule has 0 heterocycles. The van der Waals surface area contributed by atoms with Crippen molar-refractivity contribution in [3.63, 3.8) is 0 Å². The molecule has 0 saturated heterocycles. The van der Waals surface area contributed by atoms with Crippen LogP contribution in [0.4, 0.5) is 0 Å². The van der Waals surface area contributed by atoms with Crippen LogP contribution in [0.5, 0.6) is 0 Å². The zero-order valence-corrected chi connectivity index (χ0v) is 12.1. The zero-order valence-electron chi connectivity index (χ0n) is 11.3. The SMILES string of the molecule is CCCC(C)NC(=O)CNC1CCC(SC)C1. The van der Waals surface area contributed by atoms with Crippen molar-refractivity contribution < 1.29 is 4.79 Å². The summed E-state index contributed by atoms with van der Waals surface area (Å²) in [6.45, 7) is 4.68. The van der Waals surface area contributed by atoms with Crippen molar-refractivity contribution in [3.8, 4) is 0 Å². The zero-order chi connectivity index (χ0) is 12.7. The van der Waals surface area contributed by atoms with E-state index in [1.165, 1.54) is 19.3 Å². The van der Waals surface area contributed by atoms with E-state index in [-0.39, 0.29) is 5.91 Å². The number of carbonyl (C=O) groups is 1. The number of hydrogen-bond donors (Lipinski definition) is 2. The van der Waals surface area contributed by atoms with Crippen molar-refractivity contribution >= 4 is 17.7 Å². The predicted molar refractivity (Wildman–Crippen MR) is 75.5 cm³/mol. The molecule has 1 amide bonds. The van der Waals surface area contributed by atoms with Crippen LogP contribution in [0, 0.1) is 0 Å². The fraction of sp³-hybridized carbons (Fsp3) is 0.923. The minimum Gasteiger partial charge on any atom is -0.353 e. The molecule has 0 aromatic rings. The van der Waals surface area contributed by atoms with Gasteiger partial charge in [0.05, 0.1) is 6.54 Å². The summed E-state index contributed by atoms with van der Waals surface area (Å²) in [6.07, 6.45) is 8.05. The van der Waals surface area contributed by atoms with Gasteiger partial charge in [0.25, 0.3) is 0 Å². The Morgan fingerprint density at radius 2 is 2.24 bits per heavy atom. The van der Waals surface area contributed by atoms with Crippen LogP contribution < -0.4 is 10.6 Å². The molecule has 0 aromatic heterocycles. The average Bonchev–Trinajstić information content (AvgIpc) is 2.74. The number of carbonyl (C=O) groups excluding carboxylic acids is 1. The Morgan fingerprint density at radius 1 is 1.47 bits per heavy atom. The van der Waals surface area contributed by atoms with Gasteiger partial charge in [-0.15, -0.1) is 0 Å². The molecule has 3 atom stereocenters.